The number of aromatic nitrogens is 2. The summed E-state index contributed by atoms with van der Waals surface area (Å²) in [4.78, 5) is 18.0. The molecule has 1 aromatic heterocycles. The summed E-state index contributed by atoms with van der Waals surface area (Å²) in [7, 11) is 0. The van der Waals surface area contributed by atoms with Crippen LogP contribution < -0.4 is 15.0 Å². The van der Waals surface area contributed by atoms with Crippen molar-refractivity contribution < 1.29 is 9.47 Å². The Kier molecular flexibility index (Phi) is 8.51. The topological polar surface area (TPSA) is 89.5 Å². The summed E-state index contributed by atoms with van der Waals surface area (Å²) in [6.45, 7) is 6.06. The van der Waals surface area contributed by atoms with Gasteiger partial charge >= 0.3 is 0 Å². The molecule has 7 nitrogen and oxygen atoms in total. The van der Waals surface area contributed by atoms with Gasteiger partial charge in [0.2, 0.25) is 0 Å². The third kappa shape index (κ3) is 5.40. The Labute approximate surface area is 213 Å². The lowest BCUT2D eigenvalue weighted by atomic mass is 10.1. The highest BCUT2D eigenvalue weighted by Crippen LogP contribution is 2.42. The Morgan fingerprint density at radius 1 is 1.30 bits per heavy atom. The van der Waals surface area contributed by atoms with Crippen molar-refractivity contribution in [2.24, 2.45) is 5.10 Å². The maximum Gasteiger partial charge on any atom is 0.282 e. The number of ether oxygens (including phenoxy) is 2. The zero-order chi connectivity index (χ0) is 24.1. The Bertz CT molecular complexity index is 1320. The van der Waals surface area contributed by atoms with Crippen molar-refractivity contribution in [3.05, 3.63) is 60.0 Å². The quantitative estimate of drug-likeness (QED) is 0.286. The van der Waals surface area contributed by atoms with Crippen LogP contribution in [0.4, 0.5) is 0 Å². The average molecular weight is 597 g/mol. The second kappa shape index (κ2) is 11.1. The molecule has 3 rings (SSSR count). The Balaban J connectivity index is 2.18. The summed E-state index contributed by atoms with van der Waals surface area (Å²) in [5, 5.41) is 14.0. The summed E-state index contributed by atoms with van der Waals surface area (Å²) in [5.74, 6) is 1.21. The predicted octanol–water partition coefficient (Wildman–Crippen LogP) is 6.27. The highest BCUT2D eigenvalue weighted by molar-refractivity contribution is 9.10. The molecule has 0 saturated carbocycles. The van der Waals surface area contributed by atoms with Crippen molar-refractivity contribution in [2.45, 2.75) is 33.1 Å². The molecule has 10 heteroatoms. The number of nitriles is 1. The number of benzene rings is 2. The van der Waals surface area contributed by atoms with Gasteiger partial charge in [0.25, 0.3) is 5.56 Å². The number of halogens is 3. The van der Waals surface area contributed by atoms with Crippen LogP contribution in [0.3, 0.4) is 0 Å². The second-order valence-electron chi connectivity index (χ2n) is 7.10. The van der Waals surface area contributed by atoms with Crippen LogP contribution in [0.25, 0.3) is 10.9 Å². The van der Waals surface area contributed by atoms with Gasteiger partial charge in [0, 0.05) is 20.4 Å². The Hall–Kier alpha value is -2.41. The average Bonchev–Trinajstić information content (AvgIpc) is 2.81. The van der Waals surface area contributed by atoms with Crippen LogP contribution in [0.15, 0.2) is 43.1 Å². The molecule has 0 amide bonds. The van der Waals surface area contributed by atoms with E-state index in [1.807, 2.05) is 39.0 Å². The molecule has 0 spiro atoms. The molecule has 0 aliphatic rings. The van der Waals surface area contributed by atoms with Crippen LogP contribution in [0, 0.1) is 11.3 Å². The SMILES string of the molecule is CCOc1cc(C=Nn2c([C@H](C)CC)nc3ccc(Br)cc3c2=O)c(Br)c(Cl)c1OCC#N. The molecule has 3 aromatic rings. The van der Waals surface area contributed by atoms with E-state index in [-0.39, 0.29) is 28.9 Å². The molecular weight excluding hydrogens is 576 g/mol. The van der Waals surface area contributed by atoms with Crippen LogP contribution in [0.5, 0.6) is 11.5 Å². The summed E-state index contributed by atoms with van der Waals surface area (Å²) in [6, 6.07) is 9.00. The number of hydrogen-bond acceptors (Lipinski definition) is 6. The third-order valence-electron chi connectivity index (χ3n) is 4.94. The van der Waals surface area contributed by atoms with Gasteiger partial charge in [0.05, 0.1) is 23.7 Å². The molecule has 33 heavy (non-hydrogen) atoms. The number of rotatable bonds is 8. The molecule has 2 aromatic carbocycles. The van der Waals surface area contributed by atoms with E-state index in [0.29, 0.717) is 39.1 Å². The molecule has 0 N–H and O–H groups in total. The van der Waals surface area contributed by atoms with Gasteiger partial charge in [-0.05, 0) is 53.5 Å². The maximum atomic E-state index is 13.3. The van der Waals surface area contributed by atoms with Crippen molar-refractivity contribution in [3.63, 3.8) is 0 Å². The van der Waals surface area contributed by atoms with Crippen molar-refractivity contribution in [3.8, 4) is 17.6 Å². The van der Waals surface area contributed by atoms with E-state index >= 15 is 0 Å². The van der Waals surface area contributed by atoms with E-state index in [1.54, 1.807) is 12.1 Å². The highest BCUT2D eigenvalue weighted by atomic mass is 79.9. The van der Waals surface area contributed by atoms with Gasteiger partial charge in [-0.15, -0.1) is 0 Å². The summed E-state index contributed by atoms with van der Waals surface area (Å²) in [5.41, 5.74) is 0.921. The fourth-order valence-electron chi connectivity index (χ4n) is 3.10. The lowest BCUT2D eigenvalue weighted by molar-refractivity contribution is 0.298. The van der Waals surface area contributed by atoms with E-state index in [4.69, 9.17) is 31.3 Å². The van der Waals surface area contributed by atoms with Gasteiger partial charge in [-0.3, -0.25) is 4.79 Å². The zero-order valence-electron chi connectivity index (χ0n) is 18.2. The minimum absolute atomic E-state index is 0.00988. The molecule has 0 bridgehead atoms. The van der Waals surface area contributed by atoms with Crippen LogP contribution in [0.1, 0.15) is 44.5 Å². The first-order valence-electron chi connectivity index (χ1n) is 10.2. The molecular formula is C23H21Br2ClN4O3. The minimum atomic E-state index is -0.269. The minimum Gasteiger partial charge on any atom is -0.490 e. The zero-order valence-corrected chi connectivity index (χ0v) is 22.2. The molecule has 0 fully saturated rings. The molecule has 0 radical (unpaired) electrons. The van der Waals surface area contributed by atoms with Gasteiger partial charge < -0.3 is 9.47 Å². The van der Waals surface area contributed by atoms with Crippen LogP contribution in [-0.4, -0.2) is 29.1 Å². The van der Waals surface area contributed by atoms with Crippen molar-refractivity contribution in [1.29, 1.82) is 5.26 Å². The lowest BCUT2D eigenvalue weighted by Crippen LogP contribution is -2.23. The summed E-state index contributed by atoms with van der Waals surface area (Å²) >= 11 is 13.4. The van der Waals surface area contributed by atoms with Crippen LogP contribution in [-0.2, 0) is 0 Å². The lowest BCUT2D eigenvalue weighted by Gasteiger charge is -2.15. The van der Waals surface area contributed by atoms with Crippen molar-refractivity contribution in [2.75, 3.05) is 13.2 Å². The van der Waals surface area contributed by atoms with Crippen LogP contribution in [0.2, 0.25) is 5.02 Å². The first-order valence-corrected chi connectivity index (χ1v) is 12.2. The molecule has 0 saturated heterocycles. The monoisotopic (exact) mass is 594 g/mol. The molecule has 0 unspecified atom stereocenters. The fourth-order valence-corrected chi connectivity index (χ4v) is 4.11. The number of hydrogen-bond donors (Lipinski definition) is 0. The summed E-state index contributed by atoms with van der Waals surface area (Å²) in [6.07, 6.45) is 2.31. The Morgan fingerprint density at radius 3 is 2.73 bits per heavy atom. The van der Waals surface area contributed by atoms with Crippen LogP contribution >= 0.6 is 43.5 Å². The summed E-state index contributed by atoms with van der Waals surface area (Å²) < 4.78 is 13.7. The van der Waals surface area contributed by atoms with Gasteiger partial charge in [-0.25, -0.2) is 4.98 Å². The normalized spacial score (nSPS) is 12.2. The highest BCUT2D eigenvalue weighted by Gasteiger charge is 2.19. The molecule has 1 atom stereocenters. The molecule has 1 heterocycles. The molecule has 0 aliphatic carbocycles. The third-order valence-corrected chi connectivity index (χ3v) is 6.87. The van der Waals surface area contributed by atoms with E-state index in [9.17, 15) is 4.79 Å². The number of fused-ring (bicyclic) bond motifs is 1. The standard InChI is InChI=1S/C23H21Br2ClN4O3/c1-4-13(3)22-29-17-7-6-15(24)11-16(17)23(31)30(22)28-12-14-10-18(32-5-2)21(33-9-8-27)20(26)19(14)25/h6-7,10-13H,4-5,9H2,1-3H3/t13-/m1/s1. The molecule has 0 aliphatic heterocycles. The largest absolute Gasteiger partial charge is 0.490 e. The van der Waals surface area contributed by atoms with E-state index < -0.39 is 0 Å². The molecule has 172 valence electrons. The van der Waals surface area contributed by atoms with E-state index in [0.717, 1.165) is 10.9 Å². The van der Waals surface area contributed by atoms with Crippen molar-refractivity contribution in [1.82, 2.24) is 9.66 Å². The smallest absolute Gasteiger partial charge is 0.282 e. The Morgan fingerprint density at radius 2 is 2.06 bits per heavy atom. The maximum absolute atomic E-state index is 13.3. The first-order chi connectivity index (χ1) is 15.8. The predicted molar refractivity (Wildman–Crippen MR) is 137 cm³/mol. The first kappa shape index (κ1) is 25.2. The van der Waals surface area contributed by atoms with E-state index in [2.05, 4.69) is 37.0 Å². The van der Waals surface area contributed by atoms with Gasteiger partial charge in [-0.2, -0.15) is 15.0 Å². The van der Waals surface area contributed by atoms with Gasteiger partial charge in [0.1, 0.15) is 16.9 Å². The van der Waals surface area contributed by atoms with Gasteiger partial charge in [-0.1, -0.05) is 41.4 Å². The fraction of sp³-hybridized carbons (Fsp3) is 0.304. The number of nitrogens with zero attached hydrogens (tertiary/aromatic N) is 4. The van der Waals surface area contributed by atoms with Crippen molar-refractivity contribution >= 4 is 60.6 Å². The van der Waals surface area contributed by atoms with E-state index in [1.165, 1.54) is 10.9 Å². The van der Waals surface area contributed by atoms with Gasteiger partial charge in [0.15, 0.2) is 18.1 Å². The second-order valence-corrected chi connectivity index (χ2v) is 9.19.